The van der Waals surface area contributed by atoms with Crippen molar-refractivity contribution < 1.29 is 14.0 Å². The number of nitrogens with one attached hydrogen (secondary N) is 1. The highest BCUT2D eigenvalue weighted by Gasteiger charge is 2.58. The first kappa shape index (κ1) is 18.4. The van der Waals surface area contributed by atoms with Gasteiger partial charge in [-0.1, -0.05) is 30.3 Å². The minimum absolute atomic E-state index is 0.0369. The summed E-state index contributed by atoms with van der Waals surface area (Å²) in [4.78, 5) is 26.8. The quantitative estimate of drug-likeness (QED) is 0.814. The molecule has 1 atom stereocenters. The highest BCUT2D eigenvalue weighted by Crippen LogP contribution is 2.59. The third kappa shape index (κ3) is 3.98. The van der Waals surface area contributed by atoms with E-state index in [4.69, 9.17) is 0 Å². The van der Waals surface area contributed by atoms with Crippen LogP contribution in [0.5, 0.6) is 0 Å². The molecule has 1 saturated carbocycles. The van der Waals surface area contributed by atoms with Crippen LogP contribution in [0.25, 0.3) is 6.08 Å². The maximum absolute atomic E-state index is 12.9. The zero-order valence-corrected chi connectivity index (χ0v) is 15.6. The van der Waals surface area contributed by atoms with Crippen molar-refractivity contribution in [3.8, 4) is 0 Å². The molecule has 2 amide bonds. The fourth-order valence-corrected chi connectivity index (χ4v) is 4.04. The summed E-state index contributed by atoms with van der Waals surface area (Å²) < 4.78 is 12.9. The van der Waals surface area contributed by atoms with Crippen LogP contribution in [0.2, 0.25) is 0 Å². The zero-order chi connectivity index (χ0) is 19.6. The molecule has 5 heteroatoms. The van der Waals surface area contributed by atoms with Crippen molar-refractivity contribution in [2.45, 2.75) is 19.3 Å². The van der Waals surface area contributed by atoms with Crippen LogP contribution in [0.1, 0.15) is 24.8 Å². The largest absolute Gasteiger partial charge is 0.339 e. The average Bonchev–Trinajstić information content (AvgIpc) is 3.42. The number of halogens is 1. The first-order valence-corrected chi connectivity index (χ1v) is 9.64. The Balaban J connectivity index is 1.28. The van der Waals surface area contributed by atoms with Crippen molar-refractivity contribution in [1.82, 2.24) is 4.90 Å². The Labute approximate surface area is 164 Å². The molecule has 2 aromatic rings. The minimum atomic E-state index is -0.292. The van der Waals surface area contributed by atoms with Gasteiger partial charge in [0.2, 0.25) is 11.8 Å². The van der Waals surface area contributed by atoms with Crippen LogP contribution in [0, 0.1) is 17.2 Å². The van der Waals surface area contributed by atoms with Gasteiger partial charge in [-0.25, -0.2) is 4.39 Å². The zero-order valence-electron chi connectivity index (χ0n) is 15.6. The summed E-state index contributed by atoms with van der Waals surface area (Å²) in [5, 5.41) is 2.99. The Morgan fingerprint density at radius 2 is 1.71 bits per heavy atom. The number of carbonyl (C=O) groups is 2. The van der Waals surface area contributed by atoms with Crippen molar-refractivity contribution >= 4 is 23.6 Å². The molecule has 1 aliphatic carbocycles. The molecule has 0 unspecified atom stereocenters. The summed E-state index contributed by atoms with van der Waals surface area (Å²) in [6.45, 7) is 1.34. The maximum Gasteiger partial charge on any atom is 0.246 e. The van der Waals surface area contributed by atoms with E-state index in [0.717, 1.165) is 30.5 Å². The molecule has 28 heavy (non-hydrogen) atoms. The lowest BCUT2D eigenvalue weighted by molar-refractivity contribution is -0.127. The fraction of sp³-hybridized carbons (Fsp3) is 0.304. The second kappa shape index (κ2) is 7.58. The summed E-state index contributed by atoms with van der Waals surface area (Å²) in [5.74, 6) is -0.202. The molecule has 1 saturated heterocycles. The van der Waals surface area contributed by atoms with Gasteiger partial charge in [-0.2, -0.15) is 0 Å². The van der Waals surface area contributed by atoms with Gasteiger partial charge in [0.25, 0.3) is 0 Å². The summed E-state index contributed by atoms with van der Waals surface area (Å²) >= 11 is 0. The van der Waals surface area contributed by atoms with Crippen LogP contribution >= 0.6 is 0 Å². The Hall–Kier alpha value is -2.95. The Bertz CT molecular complexity index is 885. The van der Waals surface area contributed by atoms with E-state index in [0.29, 0.717) is 13.1 Å². The van der Waals surface area contributed by atoms with E-state index in [1.54, 1.807) is 18.2 Å². The van der Waals surface area contributed by atoms with Gasteiger partial charge in [0.05, 0.1) is 0 Å². The number of piperidine rings is 1. The fourth-order valence-electron chi connectivity index (χ4n) is 4.04. The number of para-hydroxylation sites is 1. The second-order valence-corrected chi connectivity index (χ2v) is 7.68. The van der Waals surface area contributed by atoms with Gasteiger partial charge in [0, 0.05) is 30.8 Å². The standard InChI is InChI=1S/C23H23FN2O2/c24-18-9-6-17(7-10-18)8-11-21(27)26-14-12-23(13-15-26)16-20(23)22(28)25-19-4-2-1-3-5-19/h1-11,20H,12-16H2,(H,25,28)/b11-8+/t20-/m0/s1. The lowest BCUT2D eigenvalue weighted by Gasteiger charge is -2.32. The third-order valence-electron chi connectivity index (χ3n) is 5.91. The minimum Gasteiger partial charge on any atom is -0.339 e. The summed E-state index contributed by atoms with van der Waals surface area (Å²) in [7, 11) is 0. The van der Waals surface area contributed by atoms with E-state index in [-0.39, 0.29) is 29.0 Å². The number of benzene rings is 2. The Morgan fingerprint density at radius 1 is 1.04 bits per heavy atom. The predicted molar refractivity (Wildman–Crippen MR) is 107 cm³/mol. The van der Waals surface area contributed by atoms with Gasteiger partial charge in [-0.3, -0.25) is 9.59 Å². The molecular formula is C23H23FN2O2. The number of anilines is 1. The van der Waals surface area contributed by atoms with Crippen LogP contribution in [0.4, 0.5) is 10.1 Å². The van der Waals surface area contributed by atoms with E-state index < -0.39 is 0 Å². The lowest BCUT2D eigenvalue weighted by Crippen LogP contribution is -2.39. The number of carbonyl (C=O) groups excluding carboxylic acids is 2. The molecule has 4 rings (SSSR count). The molecule has 2 aliphatic rings. The van der Waals surface area contributed by atoms with E-state index in [9.17, 15) is 14.0 Å². The van der Waals surface area contributed by atoms with E-state index in [1.807, 2.05) is 35.2 Å². The number of likely N-dealkylation sites (tertiary alicyclic amines) is 1. The monoisotopic (exact) mass is 378 g/mol. The van der Waals surface area contributed by atoms with Gasteiger partial charge in [0.15, 0.2) is 0 Å². The van der Waals surface area contributed by atoms with Crippen LogP contribution in [-0.4, -0.2) is 29.8 Å². The van der Waals surface area contributed by atoms with Crippen LogP contribution < -0.4 is 5.32 Å². The van der Waals surface area contributed by atoms with Crippen molar-refractivity contribution in [1.29, 1.82) is 0 Å². The molecule has 4 nitrogen and oxygen atoms in total. The number of hydrogen-bond donors (Lipinski definition) is 1. The molecule has 1 N–H and O–H groups in total. The van der Waals surface area contributed by atoms with Crippen molar-refractivity contribution in [2.75, 3.05) is 18.4 Å². The number of hydrogen-bond acceptors (Lipinski definition) is 2. The first-order chi connectivity index (χ1) is 13.6. The highest BCUT2D eigenvalue weighted by atomic mass is 19.1. The van der Waals surface area contributed by atoms with Gasteiger partial charge < -0.3 is 10.2 Å². The molecule has 0 aromatic heterocycles. The van der Waals surface area contributed by atoms with E-state index in [1.165, 1.54) is 18.2 Å². The SMILES string of the molecule is O=C(Nc1ccccc1)[C@@H]1CC12CCN(C(=O)/C=C/c1ccc(F)cc1)CC2. The molecular weight excluding hydrogens is 355 g/mol. The van der Waals surface area contributed by atoms with Crippen molar-refractivity contribution in [2.24, 2.45) is 11.3 Å². The average molecular weight is 378 g/mol. The third-order valence-corrected chi connectivity index (χ3v) is 5.91. The normalized spacial score (nSPS) is 20.3. The van der Waals surface area contributed by atoms with Gasteiger partial charge in [-0.15, -0.1) is 0 Å². The summed E-state index contributed by atoms with van der Waals surface area (Å²) in [6.07, 6.45) is 5.86. The van der Waals surface area contributed by atoms with Crippen molar-refractivity contribution in [3.63, 3.8) is 0 Å². The van der Waals surface area contributed by atoms with Crippen LogP contribution in [-0.2, 0) is 9.59 Å². The van der Waals surface area contributed by atoms with Crippen molar-refractivity contribution in [3.05, 3.63) is 72.1 Å². The lowest BCUT2D eigenvalue weighted by atomic mass is 9.90. The number of rotatable bonds is 4. The summed E-state index contributed by atoms with van der Waals surface area (Å²) in [5.41, 5.74) is 1.67. The Morgan fingerprint density at radius 3 is 2.39 bits per heavy atom. The smallest absolute Gasteiger partial charge is 0.246 e. The second-order valence-electron chi connectivity index (χ2n) is 7.68. The summed E-state index contributed by atoms with van der Waals surface area (Å²) in [6, 6.07) is 15.6. The van der Waals surface area contributed by atoms with Crippen LogP contribution in [0.3, 0.4) is 0 Å². The highest BCUT2D eigenvalue weighted by molar-refractivity contribution is 5.95. The number of amides is 2. The van der Waals surface area contributed by atoms with E-state index >= 15 is 0 Å². The maximum atomic E-state index is 12.9. The molecule has 0 bridgehead atoms. The van der Waals surface area contributed by atoms with Crippen LogP contribution in [0.15, 0.2) is 60.7 Å². The molecule has 1 heterocycles. The molecule has 144 valence electrons. The number of nitrogens with zero attached hydrogens (tertiary/aromatic N) is 1. The molecule has 1 aliphatic heterocycles. The van der Waals surface area contributed by atoms with Gasteiger partial charge in [0.1, 0.15) is 5.82 Å². The molecule has 1 spiro atoms. The predicted octanol–water partition coefficient (Wildman–Crippen LogP) is 4.11. The van der Waals surface area contributed by atoms with E-state index in [2.05, 4.69) is 5.32 Å². The topological polar surface area (TPSA) is 49.4 Å². The molecule has 2 aromatic carbocycles. The Kier molecular flexibility index (Phi) is 4.99. The molecule has 2 fully saturated rings. The van der Waals surface area contributed by atoms with Gasteiger partial charge >= 0.3 is 0 Å². The first-order valence-electron chi connectivity index (χ1n) is 9.64. The van der Waals surface area contributed by atoms with Gasteiger partial charge in [-0.05, 0) is 60.6 Å². The molecule has 0 radical (unpaired) electrons.